The van der Waals surface area contributed by atoms with Crippen molar-refractivity contribution in [2.24, 2.45) is 5.92 Å². The topological polar surface area (TPSA) is 74.3 Å². The summed E-state index contributed by atoms with van der Waals surface area (Å²) in [5.74, 6) is 0.402. The van der Waals surface area contributed by atoms with Gasteiger partial charge in [-0.1, -0.05) is 6.92 Å². The molecule has 0 spiro atoms. The van der Waals surface area contributed by atoms with E-state index < -0.39 is 10.2 Å². The molecule has 0 aliphatic carbocycles. The molecule has 0 radical (unpaired) electrons. The van der Waals surface area contributed by atoms with Crippen molar-refractivity contribution in [3.8, 4) is 0 Å². The first kappa shape index (κ1) is 15.8. The van der Waals surface area contributed by atoms with E-state index in [2.05, 4.69) is 21.9 Å². The number of nitrogens with zero attached hydrogens (tertiary/aromatic N) is 2. The average molecular weight is 318 g/mol. The first-order valence-electron chi connectivity index (χ1n) is 6.94. The van der Waals surface area contributed by atoms with Gasteiger partial charge in [-0.2, -0.15) is 17.4 Å². The number of aromatic nitrogens is 1. The molecular formula is C12H22N4O2S2. The summed E-state index contributed by atoms with van der Waals surface area (Å²) in [5.41, 5.74) is 2.47. The average Bonchev–Trinajstić information content (AvgIpc) is 2.97. The van der Waals surface area contributed by atoms with Gasteiger partial charge in [-0.05, 0) is 31.8 Å². The molecule has 2 rings (SSSR count). The third kappa shape index (κ3) is 4.49. The number of thiazole rings is 1. The monoisotopic (exact) mass is 318 g/mol. The second-order valence-corrected chi connectivity index (χ2v) is 7.45. The zero-order chi connectivity index (χ0) is 14.4. The van der Waals surface area contributed by atoms with Gasteiger partial charge in [0.2, 0.25) is 0 Å². The highest BCUT2D eigenvalue weighted by molar-refractivity contribution is 7.87. The molecule has 1 aliphatic heterocycles. The van der Waals surface area contributed by atoms with E-state index in [-0.39, 0.29) is 6.54 Å². The normalized spacial score (nSPS) is 21.1. The molecule has 1 fully saturated rings. The summed E-state index contributed by atoms with van der Waals surface area (Å²) >= 11 is 1.47. The van der Waals surface area contributed by atoms with E-state index in [1.165, 1.54) is 11.3 Å². The van der Waals surface area contributed by atoms with Gasteiger partial charge in [-0.3, -0.25) is 0 Å². The van der Waals surface area contributed by atoms with Crippen LogP contribution in [-0.2, 0) is 16.8 Å². The molecule has 0 amide bonds. The lowest BCUT2D eigenvalue weighted by molar-refractivity contribution is 0.258. The first-order valence-corrected chi connectivity index (χ1v) is 9.32. The van der Waals surface area contributed by atoms with Crippen LogP contribution in [0, 0.1) is 5.92 Å². The van der Waals surface area contributed by atoms with Crippen molar-refractivity contribution in [1.82, 2.24) is 19.3 Å². The van der Waals surface area contributed by atoms with Crippen LogP contribution in [-0.4, -0.2) is 43.9 Å². The Balaban J connectivity index is 1.87. The fraction of sp³-hybridized carbons (Fsp3) is 0.750. The maximum Gasteiger partial charge on any atom is 0.279 e. The molecule has 1 atom stereocenters. The van der Waals surface area contributed by atoms with Gasteiger partial charge in [0, 0.05) is 18.5 Å². The van der Waals surface area contributed by atoms with Gasteiger partial charge in [0.05, 0.1) is 17.7 Å². The minimum absolute atomic E-state index is 0.264. The second-order valence-electron chi connectivity index (χ2n) is 4.98. The molecule has 2 heterocycles. The number of piperidine rings is 1. The minimum atomic E-state index is -3.40. The van der Waals surface area contributed by atoms with Gasteiger partial charge < -0.3 is 5.32 Å². The van der Waals surface area contributed by atoms with Crippen LogP contribution in [0.1, 0.15) is 25.5 Å². The molecule has 1 saturated heterocycles. The predicted octanol–water partition coefficient (Wildman–Crippen LogP) is 0.799. The quantitative estimate of drug-likeness (QED) is 0.780. The second kappa shape index (κ2) is 7.46. The van der Waals surface area contributed by atoms with E-state index >= 15 is 0 Å². The highest BCUT2D eigenvalue weighted by Crippen LogP contribution is 2.18. The third-order valence-electron chi connectivity index (χ3n) is 3.42. The standard InChI is InChI=1S/C12H22N4O2S2/c1-2-13-6-11-4-3-5-16(8-11)20(17,18)15-7-12-9-19-10-14-12/h9-11,13,15H,2-8H2,1H3. The summed E-state index contributed by atoms with van der Waals surface area (Å²) in [5, 5.41) is 5.15. The third-order valence-corrected chi connectivity index (χ3v) is 5.58. The summed E-state index contributed by atoms with van der Waals surface area (Å²) in [6.45, 7) is 5.33. The van der Waals surface area contributed by atoms with Crippen molar-refractivity contribution in [2.45, 2.75) is 26.3 Å². The lowest BCUT2D eigenvalue weighted by Crippen LogP contribution is -2.47. The van der Waals surface area contributed by atoms with Crippen LogP contribution in [0.4, 0.5) is 0 Å². The number of hydrogen-bond donors (Lipinski definition) is 2. The molecular weight excluding hydrogens is 296 g/mol. The largest absolute Gasteiger partial charge is 0.317 e. The van der Waals surface area contributed by atoms with Crippen molar-refractivity contribution >= 4 is 21.5 Å². The summed E-state index contributed by atoms with van der Waals surface area (Å²) in [7, 11) is -3.40. The highest BCUT2D eigenvalue weighted by atomic mass is 32.2. The van der Waals surface area contributed by atoms with Crippen LogP contribution in [0.3, 0.4) is 0 Å². The van der Waals surface area contributed by atoms with E-state index in [4.69, 9.17) is 0 Å². The molecule has 1 unspecified atom stereocenters. The Kier molecular flexibility index (Phi) is 5.91. The molecule has 0 aromatic carbocycles. The summed E-state index contributed by atoms with van der Waals surface area (Å²) in [6.07, 6.45) is 2.01. The molecule has 2 N–H and O–H groups in total. The smallest absolute Gasteiger partial charge is 0.279 e. The van der Waals surface area contributed by atoms with Crippen molar-refractivity contribution in [3.05, 3.63) is 16.6 Å². The van der Waals surface area contributed by atoms with Gasteiger partial charge in [0.1, 0.15) is 0 Å². The van der Waals surface area contributed by atoms with Gasteiger partial charge in [-0.15, -0.1) is 11.3 Å². The molecule has 0 bridgehead atoms. The number of rotatable bonds is 7. The molecule has 114 valence electrons. The summed E-state index contributed by atoms with van der Waals surface area (Å²) < 4.78 is 28.7. The predicted molar refractivity (Wildman–Crippen MR) is 80.7 cm³/mol. The van der Waals surface area contributed by atoms with Crippen LogP contribution in [0.25, 0.3) is 0 Å². The fourth-order valence-corrected chi connectivity index (χ4v) is 4.19. The van der Waals surface area contributed by atoms with Crippen LogP contribution in [0.15, 0.2) is 10.9 Å². The zero-order valence-corrected chi connectivity index (χ0v) is 13.3. The van der Waals surface area contributed by atoms with Crippen molar-refractivity contribution in [2.75, 3.05) is 26.2 Å². The van der Waals surface area contributed by atoms with Crippen molar-refractivity contribution < 1.29 is 8.42 Å². The Bertz CT molecular complexity index is 490. The SMILES string of the molecule is CCNCC1CCCN(S(=O)(=O)NCc2cscn2)C1. The lowest BCUT2D eigenvalue weighted by atomic mass is 10.00. The maximum absolute atomic E-state index is 12.3. The fourth-order valence-electron chi connectivity index (χ4n) is 2.34. The molecule has 1 aromatic rings. The van der Waals surface area contributed by atoms with E-state index in [1.54, 1.807) is 9.82 Å². The Labute approximate surface area is 124 Å². The van der Waals surface area contributed by atoms with Crippen molar-refractivity contribution in [3.63, 3.8) is 0 Å². The van der Waals surface area contributed by atoms with Gasteiger partial charge >= 0.3 is 0 Å². The number of nitrogens with one attached hydrogen (secondary N) is 2. The van der Waals surface area contributed by atoms with Gasteiger partial charge in [-0.25, -0.2) is 4.98 Å². The van der Waals surface area contributed by atoms with Crippen LogP contribution in [0.5, 0.6) is 0 Å². The van der Waals surface area contributed by atoms with E-state index in [1.807, 2.05) is 5.38 Å². The molecule has 6 nitrogen and oxygen atoms in total. The highest BCUT2D eigenvalue weighted by Gasteiger charge is 2.28. The summed E-state index contributed by atoms with van der Waals surface area (Å²) in [4.78, 5) is 4.08. The van der Waals surface area contributed by atoms with Gasteiger partial charge in [0.15, 0.2) is 0 Å². The molecule has 1 aromatic heterocycles. The molecule has 1 aliphatic rings. The maximum atomic E-state index is 12.3. The first-order chi connectivity index (χ1) is 9.62. The van der Waals surface area contributed by atoms with E-state index in [0.717, 1.165) is 31.6 Å². The zero-order valence-electron chi connectivity index (χ0n) is 11.7. The van der Waals surface area contributed by atoms with E-state index in [0.29, 0.717) is 19.0 Å². The van der Waals surface area contributed by atoms with Crippen LogP contribution >= 0.6 is 11.3 Å². The van der Waals surface area contributed by atoms with Gasteiger partial charge in [0.25, 0.3) is 10.2 Å². The summed E-state index contributed by atoms with van der Waals surface area (Å²) in [6, 6.07) is 0. The van der Waals surface area contributed by atoms with Crippen molar-refractivity contribution in [1.29, 1.82) is 0 Å². The Morgan fingerprint density at radius 2 is 2.40 bits per heavy atom. The Hall–Kier alpha value is -0.540. The molecule has 20 heavy (non-hydrogen) atoms. The molecule has 0 saturated carbocycles. The molecule has 8 heteroatoms. The Morgan fingerprint density at radius 3 is 3.10 bits per heavy atom. The lowest BCUT2D eigenvalue weighted by Gasteiger charge is -2.31. The van der Waals surface area contributed by atoms with Crippen LogP contribution in [0.2, 0.25) is 0 Å². The van der Waals surface area contributed by atoms with E-state index in [9.17, 15) is 8.42 Å². The van der Waals surface area contributed by atoms with Crippen LogP contribution < -0.4 is 10.0 Å². The number of hydrogen-bond acceptors (Lipinski definition) is 5. The minimum Gasteiger partial charge on any atom is -0.317 e. The Morgan fingerprint density at radius 1 is 1.55 bits per heavy atom.